The first-order valence-corrected chi connectivity index (χ1v) is 6.09. The highest BCUT2D eigenvalue weighted by atomic mass is 16.5. The molecule has 2 nitrogen and oxygen atoms in total. The first-order valence-electron chi connectivity index (χ1n) is 6.09. The monoisotopic (exact) mass is 199 g/mol. The second-order valence-electron chi connectivity index (χ2n) is 4.54. The number of nitrogens with one attached hydrogen (secondary N) is 1. The molecule has 84 valence electrons. The topological polar surface area (TPSA) is 21.3 Å². The van der Waals surface area contributed by atoms with Gasteiger partial charge in [-0.2, -0.15) is 0 Å². The molecule has 2 heteroatoms. The van der Waals surface area contributed by atoms with Crippen molar-refractivity contribution < 1.29 is 4.74 Å². The number of rotatable bonds is 6. The molecule has 1 heterocycles. The van der Waals surface area contributed by atoms with Gasteiger partial charge in [-0.3, -0.25) is 0 Å². The maximum Gasteiger partial charge on any atom is 0.0576 e. The quantitative estimate of drug-likeness (QED) is 0.710. The van der Waals surface area contributed by atoms with Crippen molar-refractivity contribution in [1.82, 2.24) is 5.32 Å². The van der Waals surface area contributed by atoms with Gasteiger partial charge in [0.2, 0.25) is 0 Å². The normalized spacial score (nSPS) is 26.4. The van der Waals surface area contributed by atoms with E-state index in [1.165, 1.54) is 25.7 Å². The summed E-state index contributed by atoms with van der Waals surface area (Å²) in [7, 11) is 0. The predicted octanol–water partition coefficient (Wildman–Crippen LogP) is 2.58. The summed E-state index contributed by atoms with van der Waals surface area (Å²) in [6, 6.07) is 0.640. The molecule has 0 spiro atoms. The zero-order valence-corrected chi connectivity index (χ0v) is 9.88. The Morgan fingerprint density at radius 2 is 2.21 bits per heavy atom. The van der Waals surface area contributed by atoms with Crippen LogP contribution in [0, 0.1) is 5.92 Å². The standard InChI is InChI=1S/C12H25NO/c1-4-13-11(3)10(2)7-8-12-6-5-9-14-12/h10-13H,4-9H2,1-3H3. The van der Waals surface area contributed by atoms with Crippen LogP contribution in [0.4, 0.5) is 0 Å². The van der Waals surface area contributed by atoms with E-state index >= 15 is 0 Å². The summed E-state index contributed by atoms with van der Waals surface area (Å²) in [6.45, 7) is 8.85. The number of hydrogen-bond acceptors (Lipinski definition) is 2. The van der Waals surface area contributed by atoms with Crippen LogP contribution in [0.25, 0.3) is 0 Å². The summed E-state index contributed by atoms with van der Waals surface area (Å²) >= 11 is 0. The van der Waals surface area contributed by atoms with Gasteiger partial charge in [-0.15, -0.1) is 0 Å². The molecule has 0 aromatic rings. The van der Waals surface area contributed by atoms with Gasteiger partial charge >= 0.3 is 0 Å². The van der Waals surface area contributed by atoms with E-state index in [0.717, 1.165) is 19.1 Å². The minimum Gasteiger partial charge on any atom is -0.378 e. The van der Waals surface area contributed by atoms with Gasteiger partial charge in [-0.05, 0) is 45.1 Å². The molecular formula is C12H25NO. The lowest BCUT2D eigenvalue weighted by molar-refractivity contribution is 0.0972. The Balaban J connectivity index is 2.09. The van der Waals surface area contributed by atoms with Crippen molar-refractivity contribution in [3.8, 4) is 0 Å². The molecule has 3 atom stereocenters. The number of hydrogen-bond donors (Lipinski definition) is 1. The molecule has 1 saturated heterocycles. The van der Waals surface area contributed by atoms with E-state index in [4.69, 9.17) is 4.74 Å². The predicted molar refractivity (Wildman–Crippen MR) is 60.5 cm³/mol. The fraction of sp³-hybridized carbons (Fsp3) is 1.00. The van der Waals surface area contributed by atoms with Gasteiger partial charge in [0, 0.05) is 12.6 Å². The molecule has 1 aliphatic rings. The summed E-state index contributed by atoms with van der Waals surface area (Å²) in [4.78, 5) is 0. The first-order chi connectivity index (χ1) is 6.74. The number of ether oxygens (including phenoxy) is 1. The SMILES string of the molecule is CCNC(C)C(C)CCC1CCCO1. The average molecular weight is 199 g/mol. The van der Waals surface area contributed by atoms with Crippen LogP contribution in [-0.2, 0) is 4.74 Å². The molecule has 14 heavy (non-hydrogen) atoms. The Hall–Kier alpha value is -0.0800. The highest BCUT2D eigenvalue weighted by Crippen LogP contribution is 2.20. The Morgan fingerprint density at radius 3 is 2.79 bits per heavy atom. The molecule has 1 fully saturated rings. The lowest BCUT2D eigenvalue weighted by atomic mass is 9.95. The van der Waals surface area contributed by atoms with Crippen molar-refractivity contribution in [2.45, 2.75) is 58.6 Å². The Morgan fingerprint density at radius 1 is 1.43 bits per heavy atom. The van der Waals surface area contributed by atoms with Crippen LogP contribution in [0.1, 0.15) is 46.5 Å². The Bertz CT molecular complexity index is 143. The van der Waals surface area contributed by atoms with Crippen molar-refractivity contribution in [3.63, 3.8) is 0 Å². The summed E-state index contributed by atoms with van der Waals surface area (Å²) in [5.74, 6) is 0.763. The van der Waals surface area contributed by atoms with E-state index in [0.29, 0.717) is 12.1 Å². The molecule has 1 N–H and O–H groups in total. The second kappa shape index (κ2) is 6.41. The molecule has 1 aliphatic heterocycles. The van der Waals surface area contributed by atoms with E-state index < -0.39 is 0 Å². The van der Waals surface area contributed by atoms with Crippen LogP contribution < -0.4 is 5.32 Å². The highest BCUT2D eigenvalue weighted by Gasteiger charge is 2.18. The van der Waals surface area contributed by atoms with Crippen LogP contribution in [0.2, 0.25) is 0 Å². The maximum atomic E-state index is 5.62. The van der Waals surface area contributed by atoms with Crippen molar-refractivity contribution in [3.05, 3.63) is 0 Å². The smallest absolute Gasteiger partial charge is 0.0576 e. The maximum absolute atomic E-state index is 5.62. The van der Waals surface area contributed by atoms with E-state index in [9.17, 15) is 0 Å². The van der Waals surface area contributed by atoms with E-state index in [-0.39, 0.29) is 0 Å². The molecule has 0 aromatic heterocycles. The zero-order valence-electron chi connectivity index (χ0n) is 9.88. The van der Waals surface area contributed by atoms with Crippen LogP contribution in [-0.4, -0.2) is 25.3 Å². The van der Waals surface area contributed by atoms with Gasteiger partial charge in [0.25, 0.3) is 0 Å². The molecule has 0 saturated carbocycles. The average Bonchev–Trinajstić information content (AvgIpc) is 2.67. The van der Waals surface area contributed by atoms with E-state index in [1.54, 1.807) is 0 Å². The molecule has 0 aromatic carbocycles. The van der Waals surface area contributed by atoms with Crippen molar-refractivity contribution >= 4 is 0 Å². The molecule has 3 unspecified atom stereocenters. The zero-order chi connectivity index (χ0) is 10.4. The van der Waals surface area contributed by atoms with Crippen molar-refractivity contribution in [1.29, 1.82) is 0 Å². The summed E-state index contributed by atoms with van der Waals surface area (Å²) < 4.78 is 5.62. The Labute approximate surface area is 88.4 Å². The molecule has 0 bridgehead atoms. The van der Waals surface area contributed by atoms with Crippen LogP contribution in [0.3, 0.4) is 0 Å². The largest absolute Gasteiger partial charge is 0.378 e. The molecule has 0 radical (unpaired) electrons. The van der Waals surface area contributed by atoms with Crippen molar-refractivity contribution in [2.75, 3.05) is 13.2 Å². The van der Waals surface area contributed by atoms with Gasteiger partial charge in [0.05, 0.1) is 6.10 Å². The van der Waals surface area contributed by atoms with Gasteiger partial charge in [-0.25, -0.2) is 0 Å². The lowest BCUT2D eigenvalue weighted by Gasteiger charge is -2.21. The van der Waals surface area contributed by atoms with Crippen LogP contribution in [0.15, 0.2) is 0 Å². The van der Waals surface area contributed by atoms with Crippen LogP contribution in [0.5, 0.6) is 0 Å². The second-order valence-corrected chi connectivity index (χ2v) is 4.54. The minimum absolute atomic E-state index is 0.561. The Kier molecular flexibility index (Phi) is 5.49. The van der Waals surface area contributed by atoms with Gasteiger partial charge in [0.15, 0.2) is 0 Å². The summed E-state index contributed by atoms with van der Waals surface area (Å²) in [6.07, 6.45) is 5.64. The van der Waals surface area contributed by atoms with Crippen molar-refractivity contribution in [2.24, 2.45) is 5.92 Å². The van der Waals surface area contributed by atoms with E-state index in [1.807, 2.05) is 0 Å². The fourth-order valence-electron chi connectivity index (χ4n) is 2.09. The summed E-state index contributed by atoms with van der Waals surface area (Å²) in [5.41, 5.74) is 0. The molecule has 0 aliphatic carbocycles. The molecule has 0 amide bonds. The summed E-state index contributed by atoms with van der Waals surface area (Å²) in [5, 5.41) is 3.48. The fourth-order valence-corrected chi connectivity index (χ4v) is 2.09. The lowest BCUT2D eigenvalue weighted by Crippen LogP contribution is -2.32. The third-order valence-corrected chi connectivity index (χ3v) is 3.35. The van der Waals surface area contributed by atoms with Gasteiger partial charge < -0.3 is 10.1 Å². The molecular weight excluding hydrogens is 174 g/mol. The minimum atomic E-state index is 0.561. The third-order valence-electron chi connectivity index (χ3n) is 3.35. The van der Waals surface area contributed by atoms with E-state index in [2.05, 4.69) is 26.1 Å². The van der Waals surface area contributed by atoms with Gasteiger partial charge in [-0.1, -0.05) is 13.8 Å². The first kappa shape index (κ1) is 12.0. The van der Waals surface area contributed by atoms with Gasteiger partial charge in [0.1, 0.15) is 0 Å². The van der Waals surface area contributed by atoms with Crippen LogP contribution >= 0.6 is 0 Å². The third kappa shape index (κ3) is 3.97. The molecule has 1 rings (SSSR count). The highest BCUT2D eigenvalue weighted by molar-refractivity contribution is 4.71.